The highest BCUT2D eigenvalue weighted by molar-refractivity contribution is 5.74. The lowest BCUT2D eigenvalue weighted by Gasteiger charge is -2.20. The van der Waals surface area contributed by atoms with Gasteiger partial charge in [0.25, 0.3) is 0 Å². The van der Waals surface area contributed by atoms with Crippen LogP contribution in [0.2, 0.25) is 0 Å². The van der Waals surface area contributed by atoms with E-state index in [1.807, 2.05) is 24.3 Å². The maximum absolute atomic E-state index is 12.2. The Balaban J connectivity index is 1.55. The molecule has 0 saturated carbocycles. The zero-order valence-corrected chi connectivity index (χ0v) is 11.6. The Bertz CT molecular complexity index is 599. The van der Waals surface area contributed by atoms with Crippen molar-refractivity contribution in [3.05, 3.63) is 41.7 Å². The van der Waals surface area contributed by atoms with Crippen molar-refractivity contribution >= 4 is 6.03 Å². The van der Waals surface area contributed by atoms with E-state index in [9.17, 15) is 4.79 Å². The molecule has 0 atom stereocenters. The van der Waals surface area contributed by atoms with Gasteiger partial charge in [-0.05, 0) is 6.07 Å². The van der Waals surface area contributed by atoms with Crippen LogP contribution in [-0.4, -0.2) is 46.0 Å². The van der Waals surface area contributed by atoms with Crippen LogP contribution in [0.5, 0.6) is 5.75 Å². The highest BCUT2D eigenvalue weighted by Gasteiger charge is 2.19. The van der Waals surface area contributed by atoms with E-state index in [0.29, 0.717) is 32.7 Å². The van der Waals surface area contributed by atoms with Gasteiger partial charge in [0.2, 0.25) is 0 Å². The summed E-state index contributed by atoms with van der Waals surface area (Å²) in [6.07, 6.45) is 2.31. The van der Waals surface area contributed by atoms with Gasteiger partial charge >= 0.3 is 6.03 Å². The summed E-state index contributed by atoms with van der Waals surface area (Å²) >= 11 is 0. The van der Waals surface area contributed by atoms with Crippen molar-refractivity contribution < 1.29 is 9.53 Å². The molecule has 2 amide bonds. The number of rotatable bonds is 3. The Morgan fingerprint density at radius 1 is 1.43 bits per heavy atom. The molecule has 0 aliphatic carbocycles. The molecule has 0 unspecified atom stereocenters. The van der Waals surface area contributed by atoms with Gasteiger partial charge in [-0.15, -0.1) is 0 Å². The van der Waals surface area contributed by atoms with Crippen molar-refractivity contribution in [2.24, 2.45) is 0 Å². The molecule has 3 rings (SSSR count). The highest BCUT2D eigenvalue weighted by atomic mass is 16.5. The van der Waals surface area contributed by atoms with Crippen LogP contribution >= 0.6 is 0 Å². The zero-order valence-electron chi connectivity index (χ0n) is 11.6. The van der Waals surface area contributed by atoms with Gasteiger partial charge in [-0.1, -0.05) is 18.2 Å². The van der Waals surface area contributed by atoms with Gasteiger partial charge in [-0.2, -0.15) is 15.4 Å². The number of carbonyl (C=O) groups excluding carboxylic acids is 1. The van der Waals surface area contributed by atoms with Crippen molar-refractivity contribution in [3.8, 4) is 5.75 Å². The SMILES string of the molecule is O=C(NCCc1cn[nH]n1)N1CCOc2ccccc2C1. The number of hydrogen-bond donors (Lipinski definition) is 2. The fourth-order valence-corrected chi connectivity index (χ4v) is 2.25. The van der Waals surface area contributed by atoms with E-state index in [1.165, 1.54) is 0 Å². The van der Waals surface area contributed by atoms with Crippen LogP contribution < -0.4 is 10.1 Å². The summed E-state index contributed by atoms with van der Waals surface area (Å²) in [5.41, 5.74) is 1.86. The molecule has 0 bridgehead atoms. The molecular formula is C14H17N5O2. The van der Waals surface area contributed by atoms with Crippen molar-refractivity contribution in [2.75, 3.05) is 19.7 Å². The third kappa shape index (κ3) is 3.31. The van der Waals surface area contributed by atoms with E-state index in [4.69, 9.17) is 4.74 Å². The van der Waals surface area contributed by atoms with E-state index < -0.39 is 0 Å². The van der Waals surface area contributed by atoms with Crippen molar-refractivity contribution in [1.82, 2.24) is 25.6 Å². The van der Waals surface area contributed by atoms with Crippen molar-refractivity contribution in [3.63, 3.8) is 0 Å². The maximum Gasteiger partial charge on any atom is 0.317 e. The fraction of sp³-hybridized carbons (Fsp3) is 0.357. The number of aromatic amines is 1. The van der Waals surface area contributed by atoms with Crippen LogP contribution in [0.3, 0.4) is 0 Å². The van der Waals surface area contributed by atoms with Gasteiger partial charge < -0.3 is 15.0 Å². The molecule has 0 radical (unpaired) electrons. The zero-order chi connectivity index (χ0) is 14.5. The molecule has 21 heavy (non-hydrogen) atoms. The lowest BCUT2D eigenvalue weighted by molar-refractivity contribution is 0.188. The molecule has 1 aromatic carbocycles. The van der Waals surface area contributed by atoms with E-state index >= 15 is 0 Å². The van der Waals surface area contributed by atoms with Gasteiger partial charge in [-0.25, -0.2) is 4.79 Å². The summed E-state index contributed by atoms with van der Waals surface area (Å²) in [6.45, 7) is 2.18. The molecular weight excluding hydrogens is 270 g/mol. The molecule has 0 saturated heterocycles. The third-order valence-corrected chi connectivity index (χ3v) is 3.36. The molecule has 2 N–H and O–H groups in total. The van der Waals surface area contributed by atoms with E-state index in [-0.39, 0.29) is 6.03 Å². The summed E-state index contributed by atoms with van der Waals surface area (Å²) in [6, 6.07) is 7.72. The normalized spacial score (nSPS) is 14.0. The molecule has 1 aromatic heterocycles. The number of nitrogens with one attached hydrogen (secondary N) is 2. The largest absolute Gasteiger partial charge is 0.491 e. The molecule has 7 nitrogen and oxygen atoms in total. The summed E-state index contributed by atoms with van der Waals surface area (Å²) < 4.78 is 5.65. The minimum absolute atomic E-state index is 0.0844. The average molecular weight is 287 g/mol. The number of aromatic nitrogens is 3. The lowest BCUT2D eigenvalue weighted by Crippen LogP contribution is -2.41. The van der Waals surface area contributed by atoms with Gasteiger partial charge in [0, 0.05) is 18.5 Å². The Labute approximate surface area is 122 Å². The quantitative estimate of drug-likeness (QED) is 0.880. The van der Waals surface area contributed by atoms with Crippen LogP contribution in [0.15, 0.2) is 30.5 Å². The second-order valence-corrected chi connectivity index (χ2v) is 4.82. The summed E-state index contributed by atoms with van der Waals surface area (Å²) in [5, 5.41) is 13.1. The predicted octanol–water partition coefficient (Wildman–Crippen LogP) is 0.951. The number of fused-ring (bicyclic) bond motifs is 1. The lowest BCUT2D eigenvalue weighted by atomic mass is 10.2. The van der Waals surface area contributed by atoms with E-state index in [1.54, 1.807) is 11.1 Å². The van der Waals surface area contributed by atoms with Gasteiger partial charge in [0.15, 0.2) is 0 Å². The Morgan fingerprint density at radius 3 is 3.19 bits per heavy atom. The van der Waals surface area contributed by atoms with Crippen LogP contribution in [-0.2, 0) is 13.0 Å². The molecule has 2 aromatic rings. The standard InChI is InChI=1S/C14H17N5O2/c20-14(15-6-5-12-9-16-18-17-12)19-7-8-21-13-4-2-1-3-11(13)10-19/h1-4,9H,5-8,10H2,(H,15,20)(H,16,17,18). The molecule has 2 heterocycles. The number of nitrogens with zero attached hydrogens (tertiary/aromatic N) is 3. The highest BCUT2D eigenvalue weighted by Crippen LogP contribution is 2.22. The van der Waals surface area contributed by atoms with Crippen molar-refractivity contribution in [1.29, 1.82) is 0 Å². The number of para-hydroxylation sites is 1. The molecule has 1 aliphatic rings. The first-order chi connectivity index (χ1) is 10.3. The minimum atomic E-state index is -0.0844. The number of amides is 2. The number of benzene rings is 1. The molecule has 110 valence electrons. The second kappa shape index (κ2) is 6.25. The van der Waals surface area contributed by atoms with Crippen LogP contribution in [0.4, 0.5) is 4.79 Å². The first-order valence-electron chi connectivity index (χ1n) is 6.91. The third-order valence-electron chi connectivity index (χ3n) is 3.36. The summed E-state index contributed by atoms with van der Waals surface area (Å²) in [7, 11) is 0. The number of carbonyl (C=O) groups is 1. The van der Waals surface area contributed by atoms with Gasteiger partial charge in [-0.3, -0.25) is 0 Å². The number of ether oxygens (including phenoxy) is 1. The topological polar surface area (TPSA) is 83.1 Å². The van der Waals surface area contributed by atoms with Crippen molar-refractivity contribution in [2.45, 2.75) is 13.0 Å². The Kier molecular flexibility index (Phi) is 3.99. The number of hydrogen-bond acceptors (Lipinski definition) is 4. The smallest absolute Gasteiger partial charge is 0.317 e. The minimum Gasteiger partial charge on any atom is -0.491 e. The number of urea groups is 1. The fourth-order valence-electron chi connectivity index (χ4n) is 2.25. The summed E-state index contributed by atoms with van der Waals surface area (Å²) in [4.78, 5) is 14.0. The molecule has 0 spiro atoms. The maximum atomic E-state index is 12.2. The first-order valence-corrected chi connectivity index (χ1v) is 6.91. The monoisotopic (exact) mass is 287 g/mol. The van der Waals surface area contributed by atoms with E-state index in [2.05, 4.69) is 20.7 Å². The van der Waals surface area contributed by atoms with E-state index in [0.717, 1.165) is 17.0 Å². The summed E-state index contributed by atoms with van der Waals surface area (Å²) in [5.74, 6) is 0.857. The van der Waals surface area contributed by atoms with Crippen LogP contribution in [0.1, 0.15) is 11.3 Å². The molecule has 1 aliphatic heterocycles. The Morgan fingerprint density at radius 2 is 2.33 bits per heavy atom. The first kappa shape index (κ1) is 13.4. The predicted molar refractivity (Wildman–Crippen MR) is 75.8 cm³/mol. The average Bonchev–Trinajstić information content (AvgIpc) is 2.91. The molecule has 0 fully saturated rings. The van der Waals surface area contributed by atoms with Gasteiger partial charge in [0.1, 0.15) is 12.4 Å². The van der Waals surface area contributed by atoms with Crippen LogP contribution in [0, 0.1) is 0 Å². The second-order valence-electron chi connectivity index (χ2n) is 4.82. The number of H-pyrrole nitrogens is 1. The van der Waals surface area contributed by atoms with Crippen LogP contribution in [0.25, 0.3) is 0 Å². The van der Waals surface area contributed by atoms with Gasteiger partial charge in [0.05, 0.1) is 25.0 Å². The Hall–Kier alpha value is -2.57. The molecule has 7 heteroatoms.